The van der Waals surface area contributed by atoms with E-state index >= 15 is 0 Å². The Balaban J connectivity index is 1.93. The van der Waals surface area contributed by atoms with Crippen molar-refractivity contribution in [2.45, 2.75) is 6.61 Å². The lowest BCUT2D eigenvalue weighted by molar-refractivity contribution is -0.0498. The van der Waals surface area contributed by atoms with Gasteiger partial charge in [0.2, 0.25) is 4.80 Å². The summed E-state index contributed by atoms with van der Waals surface area (Å²) in [4.78, 5) is 4.90. The summed E-state index contributed by atoms with van der Waals surface area (Å²) >= 11 is 1.42. The molecular formula is C19H14F2N4OS. The van der Waals surface area contributed by atoms with E-state index in [9.17, 15) is 8.78 Å². The number of hydrogen-bond donors (Lipinski definition) is 0. The van der Waals surface area contributed by atoms with Gasteiger partial charge in [-0.15, -0.1) is 11.3 Å². The molecule has 0 aliphatic carbocycles. The first-order valence-electron chi connectivity index (χ1n) is 7.84. The summed E-state index contributed by atoms with van der Waals surface area (Å²) in [5.74, 6) is 0.0945. The summed E-state index contributed by atoms with van der Waals surface area (Å²) in [6, 6.07) is 15.4. The molecule has 1 heterocycles. The van der Waals surface area contributed by atoms with Crippen LogP contribution < -0.4 is 9.54 Å². The van der Waals surface area contributed by atoms with Crippen LogP contribution >= 0.6 is 11.3 Å². The van der Waals surface area contributed by atoms with Crippen molar-refractivity contribution in [1.82, 2.24) is 4.68 Å². The molecule has 0 fully saturated rings. The van der Waals surface area contributed by atoms with E-state index in [4.69, 9.17) is 5.26 Å². The molecule has 0 spiro atoms. The summed E-state index contributed by atoms with van der Waals surface area (Å²) in [6.45, 7) is -2.86. The Bertz CT molecular complexity index is 1050. The van der Waals surface area contributed by atoms with Crippen molar-refractivity contribution in [3.63, 3.8) is 0 Å². The van der Waals surface area contributed by atoms with Crippen molar-refractivity contribution < 1.29 is 13.5 Å². The fraction of sp³-hybridized carbons (Fsp3) is 0.105. The van der Waals surface area contributed by atoms with Crippen LogP contribution in [-0.4, -0.2) is 24.5 Å². The van der Waals surface area contributed by atoms with E-state index in [0.29, 0.717) is 10.4 Å². The molecule has 0 amide bonds. The van der Waals surface area contributed by atoms with Crippen molar-refractivity contribution in [2.24, 2.45) is 10.1 Å². The van der Waals surface area contributed by atoms with Gasteiger partial charge in [-0.3, -0.25) is 4.99 Å². The molecule has 0 saturated heterocycles. The Morgan fingerprint density at radius 1 is 1.15 bits per heavy atom. The van der Waals surface area contributed by atoms with Crippen LogP contribution in [0.1, 0.15) is 11.1 Å². The molecule has 0 bridgehead atoms. The lowest BCUT2D eigenvalue weighted by atomic mass is 10.1. The highest BCUT2D eigenvalue weighted by molar-refractivity contribution is 7.07. The summed E-state index contributed by atoms with van der Waals surface area (Å²) in [5.41, 5.74) is 2.97. The summed E-state index contributed by atoms with van der Waals surface area (Å²) in [6.07, 6.45) is 1.67. The van der Waals surface area contributed by atoms with Crippen LogP contribution in [0.25, 0.3) is 11.3 Å². The molecule has 27 heavy (non-hydrogen) atoms. The predicted molar refractivity (Wildman–Crippen MR) is 100 cm³/mol. The normalized spacial score (nSPS) is 11.9. The Kier molecular flexibility index (Phi) is 5.74. The lowest BCUT2D eigenvalue weighted by Gasteiger charge is -2.06. The van der Waals surface area contributed by atoms with Gasteiger partial charge in [0.25, 0.3) is 0 Å². The number of ether oxygens (including phenoxy) is 1. The number of alkyl halides is 2. The van der Waals surface area contributed by atoms with Crippen LogP contribution in [0.3, 0.4) is 0 Å². The van der Waals surface area contributed by atoms with E-state index in [1.54, 1.807) is 54.3 Å². The molecule has 0 atom stereocenters. The highest BCUT2D eigenvalue weighted by Crippen LogP contribution is 2.24. The molecule has 0 aliphatic rings. The number of benzene rings is 2. The van der Waals surface area contributed by atoms with Crippen LogP contribution in [0.5, 0.6) is 5.75 Å². The van der Waals surface area contributed by atoms with Crippen LogP contribution in [0.4, 0.5) is 8.78 Å². The van der Waals surface area contributed by atoms with Gasteiger partial charge in [-0.05, 0) is 42.0 Å². The molecule has 0 N–H and O–H groups in total. The quantitative estimate of drug-likeness (QED) is 0.622. The first-order chi connectivity index (χ1) is 13.1. The molecule has 0 aliphatic heterocycles. The molecule has 0 radical (unpaired) electrons. The van der Waals surface area contributed by atoms with Gasteiger partial charge in [0, 0.05) is 18.0 Å². The molecule has 5 nitrogen and oxygen atoms in total. The molecule has 8 heteroatoms. The first kappa shape index (κ1) is 18.5. The highest BCUT2D eigenvalue weighted by Gasteiger charge is 2.09. The third-order valence-corrected chi connectivity index (χ3v) is 4.52. The van der Waals surface area contributed by atoms with Gasteiger partial charge in [0.15, 0.2) is 0 Å². The van der Waals surface area contributed by atoms with Crippen molar-refractivity contribution in [1.29, 1.82) is 5.26 Å². The minimum Gasteiger partial charge on any atom is -0.435 e. The molecule has 136 valence electrons. The van der Waals surface area contributed by atoms with Gasteiger partial charge >= 0.3 is 6.61 Å². The van der Waals surface area contributed by atoms with E-state index in [2.05, 4.69) is 20.9 Å². The van der Waals surface area contributed by atoms with E-state index in [1.165, 1.54) is 23.5 Å². The predicted octanol–water partition coefficient (Wildman–Crippen LogP) is 4.10. The molecule has 0 unspecified atom stereocenters. The lowest BCUT2D eigenvalue weighted by Crippen LogP contribution is -2.11. The highest BCUT2D eigenvalue weighted by atomic mass is 32.1. The maximum absolute atomic E-state index is 12.3. The second-order valence-electron chi connectivity index (χ2n) is 5.32. The fourth-order valence-corrected chi connectivity index (χ4v) is 3.14. The largest absolute Gasteiger partial charge is 0.435 e. The number of thiazole rings is 1. The number of halogens is 2. The first-order valence-corrected chi connectivity index (χ1v) is 8.72. The van der Waals surface area contributed by atoms with Crippen molar-refractivity contribution in [2.75, 3.05) is 7.05 Å². The molecule has 3 rings (SSSR count). The van der Waals surface area contributed by atoms with Gasteiger partial charge < -0.3 is 4.74 Å². The maximum atomic E-state index is 12.3. The number of rotatable bonds is 5. The van der Waals surface area contributed by atoms with Crippen LogP contribution in [0.2, 0.25) is 0 Å². The van der Waals surface area contributed by atoms with Crippen LogP contribution in [0, 0.1) is 11.3 Å². The zero-order chi connectivity index (χ0) is 19.2. The monoisotopic (exact) mass is 384 g/mol. The van der Waals surface area contributed by atoms with E-state index in [1.807, 2.05) is 5.38 Å². The van der Waals surface area contributed by atoms with E-state index < -0.39 is 6.61 Å². The smallest absolute Gasteiger partial charge is 0.387 e. The second-order valence-corrected chi connectivity index (χ2v) is 6.16. The van der Waals surface area contributed by atoms with Crippen LogP contribution in [0.15, 0.2) is 64.0 Å². The van der Waals surface area contributed by atoms with Gasteiger partial charge in [-0.25, -0.2) is 4.68 Å². The average molecular weight is 384 g/mol. The summed E-state index contributed by atoms with van der Waals surface area (Å²) in [7, 11) is 1.67. The maximum Gasteiger partial charge on any atom is 0.387 e. The van der Waals surface area contributed by atoms with E-state index in [-0.39, 0.29) is 5.75 Å². The van der Waals surface area contributed by atoms with Crippen molar-refractivity contribution in [3.05, 3.63) is 69.8 Å². The van der Waals surface area contributed by atoms with Crippen molar-refractivity contribution >= 4 is 17.6 Å². The summed E-state index contributed by atoms with van der Waals surface area (Å²) < 4.78 is 30.6. The fourth-order valence-electron chi connectivity index (χ4n) is 2.34. The minimum atomic E-state index is -2.86. The Morgan fingerprint density at radius 2 is 1.85 bits per heavy atom. The zero-order valence-corrected chi connectivity index (χ0v) is 15.0. The molecule has 1 aromatic heterocycles. The Hall–Kier alpha value is -3.31. The summed E-state index contributed by atoms with van der Waals surface area (Å²) in [5, 5.41) is 15.2. The van der Waals surface area contributed by atoms with Gasteiger partial charge in [-0.1, -0.05) is 12.1 Å². The molecule has 2 aromatic carbocycles. The third kappa shape index (κ3) is 4.46. The van der Waals surface area contributed by atoms with Gasteiger partial charge in [-0.2, -0.15) is 19.1 Å². The number of hydrogen-bond acceptors (Lipinski definition) is 5. The second kappa shape index (κ2) is 8.38. The molecular weight excluding hydrogens is 370 g/mol. The minimum absolute atomic E-state index is 0.0945. The molecule has 0 saturated carbocycles. The van der Waals surface area contributed by atoms with Gasteiger partial charge in [0.05, 0.1) is 23.5 Å². The Labute approximate surface area is 158 Å². The van der Waals surface area contributed by atoms with Crippen molar-refractivity contribution in [3.8, 4) is 23.1 Å². The number of nitriles is 1. The topological polar surface area (TPSA) is 62.7 Å². The molecule has 3 aromatic rings. The zero-order valence-electron chi connectivity index (χ0n) is 14.2. The van der Waals surface area contributed by atoms with Crippen LogP contribution in [-0.2, 0) is 0 Å². The van der Waals surface area contributed by atoms with E-state index in [0.717, 1.165) is 16.8 Å². The standard InChI is InChI=1S/C19H14F2N4OS/c1-23-19-25(24-11-14-4-2-13(10-22)3-5-14)17(12-27-19)15-6-8-16(9-7-15)26-18(20)21/h2-9,11-12,18H,1H3/b23-19?,24-11-. The SMILES string of the molecule is CN=c1scc(-c2ccc(OC(F)F)cc2)n1/N=C\c1ccc(C#N)cc1. The number of aromatic nitrogens is 1. The Morgan fingerprint density at radius 3 is 2.44 bits per heavy atom. The van der Waals surface area contributed by atoms with Gasteiger partial charge in [0.1, 0.15) is 5.75 Å². The number of nitrogens with zero attached hydrogens (tertiary/aromatic N) is 4. The average Bonchev–Trinajstić information content (AvgIpc) is 3.10. The third-order valence-electron chi connectivity index (χ3n) is 3.61.